The van der Waals surface area contributed by atoms with Crippen LogP contribution >= 0.6 is 0 Å². The van der Waals surface area contributed by atoms with E-state index in [-0.39, 0.29) is 4.90 Å². The van der Waals surface area contributed by atoms with E-state index in [9.17, 15) is 8.42 Å². The first kappa shape index (κ1) is 11.2. The molecular formula is C10H14O3S. The molecule has 0 spiro atoms. The summed E-state index contributed by atoms with van der Waals surface area (Å²) in [5.41, 5.74) is 2.83. The molecule has 0 saturated heterocycles. The van der Waals surface area contributed by atoms with Crippen LogP contribution in [0.3, 0.4) is 0 Å². The van der Waals surface area contributed by atoms with Crippen LogP contribution in [0.15, 0.2) is 17.0 Å². The van der Waals surface area contributed by atoms with Crippen LogP contribution in [-0.2, 0) is 14.3 Å². The minimum atomic E-state index is -3.57. The summed E-state index contributed by atoms with van der Waals surface area (Å²) in [6.45, 7) is 5.64. The molecular weight excluding hydrogens is 200 g/mol. The van der Waals surface area contributed by atoms with Gasteiger partial charge in [0, 0.05) is 0 Å². The molecule has 0 fully saturated rings. The molecule has 1 rings (SSSR count). The minimum Gasteiger partial charge on any atom is -0.270 e. The molecule has 0 aromatic heterocycles. The maximum Gasteiger partial charge on any atom is 0.296 e. The lowest BCUT2D eigenvalue weighted by Gasteiger charge is -2.09. The highest BCUT2D eigenvalue weighted by molar-refractivity contribution is 7.86. The number of benzene rings is 1. The van der Waals surface area contributed by atoms with Crippen LogP contribution in [0.4, 0.5) is 0 Å². The van der Waals surface area contributed by atoms with Gasteiger partial charge < -0.3 is 0 Å². The van der Waals surface area contributed by atoms with Crippen LogP contribution in [0.2, 0.25) is 0 Å². The summed E-state index contributed by atoms with van der Waals surface area (Å²) in [6.07, 6.45) is 0. The molecule has 78 valence electrons. The Hall–Kier alpha value is -0.870. The third-order valence-corrected chi connectivity index (χ3v) is 3.92. The van der Waals surface area contributed by atoms with Gasteiger partial charge in [-0.1, -0.05) is 6.07 Å². The molecule has 0 amide bonds. The van der Waals surface area contributed by atoms with Gasteiger partial charge in [0.25, 0.3) is 10.1 Å². The summed E-state index contributed by atoms with van der Waals surface area (Å²) in [5, 5.41) is 0. The summed E-state index contributed by atoms with van der Waals surface area (Å²) in [5.74, 6) is 0. The van der Waals surface area contributed by atoms with Crippen molar-refractivity contribution >= 4 is 10.1 Å². The number of aryl methyl sites for hydroxylation is 1. The second-order valence-corrected chi connectivity index (χ2v) is 4.93. The largest absolute Gasteiger partial charge is 0.296 e. The predicted octanol–water partition coefficient (Wildman–Crippen LogP) is 1.95. The molecule has 1 aromatic rings. The normalized spacial score (nSPS) is 11.7. The van der Waals surface area contributed by atoms with E-state index in [4.69, 9.17) is 0 Å². The van der Waals surface area contributed by atoms with Crippen molar-refractivity contribution < 1.29 is 12.6 Å². The highest BCUT2D eigenvalue weighted by Crippen LogP contribution is 2.22. The van der Waals surface area contributed by atoms with E-state index in [1.165, 1.54) is 7.11 Å². The maximum atomic E-state index is 11.5. The Morgan fingerprint density at radius 3 is 2.14 bits per heavy atom. The van der Waals surface area contributed by atoms with Crippen molar-refractivity contribution in [1.82, 2.24) is 0 Å². The van der Waals surface area contributed by atoms with Gasteiger partial charge in [0.1, 0.15) is 0 Å². The van der Waals surface area contributed by atoms with Crippen molar-refractivity contribution in [3.8, 4) is 0 Å². The van der Waals surface area contributed by atoms with E-state index in [1.54, 1.807) is 19.1 Å². The SMILES string of the molecule is COS(=O)(=O)c1ccc(C)c(C)c1C. The average Bonchev–Trinajstić information content (AvgIpc) is 2.14. The molecule has 0 unspecified atom stereocenters. The third-order valence-electron chi connectivity index (χ3n) is 2.50. The first-order valence-electron chi connectivity index (χ1n) is 4.27. The minimum absolute atomic E-state index is 0.253. The molecule has 3 nitrogen and oxygen atoms in total. The Balaban J connectivity index is 3.47. The van der Waals surface area contributed by atoms with Gasteiger partial charge >= 0.3 is 0 Å². The van der Waals surface area contributed by atoms with Crippen molar-refractivity contribution in [3.05, 3.63) is 28.8 Å². The second-order valence-electron chi connectivity index (χ2n) is 3.25. The van der Waals surface area contributed by atoms with Gasteiger partial charge in [-0.25, -0.2) is 0 Å². The summed E-state index contributed by atoms with van der Waals surface area (Å²) >= 11 is 0. The summed E-state index contributed by atoms with van der Waals surface area (Å²) in [4.78, 5) is 0.253. The summed E-state index contributed by atoms with van der Waals surface area (Å²) < 4.78 is 27.4. The molecule has 0 saturated carbocycles. The maximum absolute atomic E-state index is 11.5. The van der Waals surface area contributed by atoms with Gasteiger partial charge in [-0.15, -0.1) is 0 Å². The zero-order valence-corrected chi connectivity index (χ0v) is 9.60. The monoisotopic (exact) mass is 214 g/mol. The highest BCUT2D eigenvalue weighted by atomic mass is 32.2. The molecule has 14 heavy (non-hydrogen) atoms. The first-order chi connectivity index (χ1) is 6.40. The standard InChI is InChI=1S/C10H14O3S/c1-7-5-6-10(9(3)8(7)2)14(11,12)13-4/h5-6H,1-4H3. The Morgan fingerprint density at radius 2 is 1.64 bits per heavy atom. The first-order valence-corrected chi connectivity index (χ1v) is 5.68. The molecule has 0 aliphatic carbocycles. The van der Waals surface area contributed by atoms with Crippen molar-refractivity contribution in [1.29, 1.82) is 0 Å². The van der Waals surface area contributed by atoms with Crippen molar-refractivity contribution in [2.24, 2.45) is 0 Å². The van der Waals surface area contributed by atoms with Gasteiger partial charge in [0.2, 0.25) is 0 Å². The second kappa shape index (κ2) is 3.71. The van der Waals surface area contributed by atoms with Crippen LogP contribution in [0, 0.1) is 20.8 Å². The van der Waals surface area contributed by atoms with Crippen LogP contribution in [0.25, 0.3) is 0 Å². The van der Waals surface area contributed by atoms with Gasteiger partial charge in [0.15, 0.2) is 0 Å². The molecule has 1 aromatic carbocycles. The Bertz CT molecular complexity index is 447. The fourth-order valence-electron chi connectivity index (χ4n) is 1.29. The topological polar surface area (TPSA) is 43.4 Å². The van der Waals surface area contributed by atoms with Crippen LogP contribution in [-0.4, -0.2) is 15.5 Å². The lowest BCUT2D eigenvalue weighted by Crippen LogP contribution is -2.06. The predicted molar refractivity (Wildman–Crippen MR) is 54.8 cm³/mol. The molecule has 4 heteroatoms. The Morgan fingerprint density at radius 1 is 1.07 bits per heavy atom. The van der Waals surface area contributed by atoms with Gasteiger partial charge in [-0.3, -0.25) is 4.18 Å². The summed E-state index contributed by atoms with van der Waals surface area (Å²) in [7, 11) is -2.40. The Kier molecular flexibility index (Phi) is 2.97. The number of rotatable bonds is 2. The molecule has 0 aliphatic rings. The van der Waals surface area contributed by atoms with E-state index < -0.39 is 10.1 Å². The zero-order valence-electron chi connectivity index (χ0n) is 8.79. The Labute approximate surface area is 84.8 Å². The van der Waals surface area contributed by atoms with Crippen molar-refractivity contribution in [3.63, 3.8) is 0 Å². The smallest absolute Gasteiger partial charge is 0.270 e. The van der Waals surface area contributed by atoms with E-state index >= 15 is 0 Å². The molecule has 0 aliphatic heterocycles. The van der Waals surface area contributed by atoms with Gasteiger partial charge in [0.05, 0.1) is 12.0 Å². The molecule has 0 heterocycles. The molecule has 0 radical (unpaired) electrons. The van der Waals surface area contributed by atoms with Crippen LogP contribution < -0.4 is 0 Å². The van der Waals surface area contributed by atoms with E-state index in [0.29, 0.717) is 0 Å². The fraction of sp³-hybridized carbons (Fsp3) is 0.400. The van der Waals surface area contributed by atoms with Crippen LogP contribution in [0.5, 0.6) is 0 Å². The van der Waals surface area contributed by atoms with Gasteiger partial charge in [-0.2, -0.15) is 8.42 Å². The molecule has 0 bridgehead atoms. The fourth-order valence-corrected chi connectivity index (χ4v) is 2.23. The molecule has 0 N–H and O–H groups in total. The summed E-state index contributed by atoms with van der Waals surface area (Å²) in [6, 6.07) is 3.37. The molecule has 0 atom stereocenters. The lowest BCUT2D eigenvalue weighted by atomic mass is 10.1. The quantitative estimate of drug-likeness (QED) is 0.707. The van der Waals surface area contributed by atoms with Gasteiger partial charge in [-0.05, 0) is 43.5 Å². The number of hydrogen-bond donors (Lipinski definition) is 0. The third kappa shape index (κ3) is 1.81. The zero-order chi connectivity index (χ0) is 10.9. The van der Waals surface area contributed by atoms with E-state index in [1.807, 2.05) is 13.8 Å². The van der Waals surface area contributed by atoms with E-state index in [2.05, 4.69) is 4.18 Å². The van der Waals surface area contributed by atoms with Crippen molar-refractivity contribution in [2.75, 3.05) is 7.11 Å². The van der Waals surface area contributed by atoms with E-state index in [0.717, 1.165) is 16.7 Å². The average molecular weight is 214 g/mol. The van der Waals surface area contributed by atoms with Crippen molar-refractivity contribution in [2.45, 2.75) is 25.7 Å². The van der Waals surface area contributed by atoms with Crippen LogP contribution in [0.1, 0.15) is 16.7 Å². The number of hydrogen-bond acceptors (Lipinski definition) is 3. The highest BCUT2D eigenvalue weighted by Gasteiger charge is 2.17. The lowest BCUT2D eigenvalue weighted by molar-refractivity contribution is 0.397.